The molecule has 80 valence electrons. The van der Waals surface area contributed by atoms with Crippen LogP contribution in [0.5, 0.6) is 0 Å². The van der Waals surface area contributed by atoms with Crippen LogP contribution in [0.15, 0.2) is 23.9 Å². The van der Waals surface area contributed by atoms with Crippen LogP contribution in [0.1, 0.15) is 19.3 Å². The Morgan fingerprint density at radius 3 is 2.73 bits per heavy atom. The predicted octanol–water partition coefficient (Wildman–Crippen LogP) is 1.20. The van der Waals surface area contributed by atoms with Crippen molar-refractivity contribution in [2.24, 2.45) is 0 Å². The van der Waals surface area contributed by atoms with E-state index in [1.54, 1.807) is 23.1 Å². The van der Waals surface area contributed by atoms with Gasteiger partial charge < -0.3 is 10.2 Å². The fourth-order valence-corrected chi connectivity index (χ4v) is 1.77. The highest BCUT2D eigenvalue weighted by Gasteiger charge is 2.20. The molecule has 1 saturated heterocycles. The molecule has 0 atom stereocenters. The number of ketones is 1. The lowest BCUT2D eigenvalue weighted by Crippen LogP contribution is -2.39. The van der Waals surface area contributed by atoms with Crippen molar-refractivity contribution in [3.05, 3.63) is 23.9 Å². The Hall–Kier alpha value is -1.58. The van der Waals surface area contributed by atoms with Crippen LogP contribution in [0.2, 0.25) is 0 Å². The Bertz CT molecular complexity index is 338. The van der Waals surface area contributed by atoms with Gasteiger partial charge in [0.15, 0.2) is 5.78 Å². The molecule has 2 rings (SSSR count). The number of nitrogens with zero attached hydrogens (tertiary/aromatic N) is 1. The number of carbonyl (C=O) groups excluding carboxylic acids is 2. The Morgan fingerprint density at radius 2 is 2.07 bits per heavy atom. The quantitative estimate of drug-likeness (QED) is 0.701. The Balaban J connectivity index is 1.95. The smallest absolute Gasteiger partial charge is 0.321 e. The molecule has 15 heavy (non-hydrogen) atoms. The van der Waals surface area contributed by atoms with E-state index in [0.717, 1.165) is 25.9 Å². The van der Waals surface area contributed by atoms with E-state index in [-0.39, 0.29) is 11.8 Å². The van der Waals surface area contributed by atoms with Gasteiger partial charge in [-0.3, -0.25) is 4.79 Å². The minimum atomic E-state index is -0.151. The van der Waals surface area contributed by atoms with Gasteiger partial charge in [0.05, 0.1) is 5.70 Å². The number of nitrogens with one attached hydrogen (secondary N) is 1. The van der Waals surface area contributed by atoms with E-state index >= 15 is 0 Å². The Morgan fingerprint density at radius 1 is 1.33 bits per heavy atom. The summed E-state index contributed by atoms with van der Waals surface area (Å²) in [6, 6.07) is -0.151. The van der Waals surface area contributed by atoms with Crippen LogP contribution in [0.3, 0.4) is 0 Å². The van der Waals surface area contributed by atoms with Gasteiger partial charge in [-0.2, -0.15) is 0 Å². The van der Waals surface area contributed by atoms with Crippen LogP contribution < -0.4 is 5.32 Å². The molecule has 1 N–H and O–H groups in total. The number of likely N-dealkylation sites (tertiary alicyclic amines) is 1. The van der Waals surface area contributed by atoms with Crippen molar-refractivity contribution in [3.63, 3.8) is 0 Å². The van der Waals surface area contributed by atoms with E-state index in [9.17, 15) is 9.59 Å². The molecule has 0 aromatic heterocycles. The number of hydrogen-bond acceptors (Lipinski definition) is 2. The molecule has 2 amide bonds. The summed E-state index contributed by atoms with van der Waals surface area (Å²) in [6.45, 7) is 1.59. The van der Waals surface area contributed by atoms with Crippen molar-refractivity contribution in [1.29, 1.82) is 0 Å². The standard InChI is InChI=1S/C11H14N2O2/c14-10-6-2-1-5-9(10)12-11(15)13-7-3-4-8-13/h1-2,5H,3-4,6-8H2,(H,12,15). The average molecular weight is 206 g/mol. The van der Waals surface area contributed by atoms with Crippen molar-refractivity contribution < 1.29 is 9.59 Å². The van der Waals surface area contributed by atoms with Gasteiger partial charge in [0, 0.05) is 19.5 Å². The van der Waals surface area contributed by atoms with Gasteiger partial charge in [-0.15, -0.1) is 0 Å². The van der Waals surface area contributed by atoms with Crippen LogP contribution in [-0.4, -0.2) is 29.8 Å². The Kier molecular flexibility index (Phi) is 2.85. The molecule has 4 nitrogen and oxygen atoms in total. The molecule has 0 aromatic carbocycles. The van der Waals surface area contributed by atoms with E-state index in [1.807, 2.05) is 0 Å². The second-order valence-corrected chi connectivity index (χ2v) is 3.76. The van der Waals surface area contributed by atoms with Crippen LogP contribution in [0.4, 0.5) is 4.79 Å². The molecule has 0 aromatic rings. The summed E-state index contributed by atoms with van der Waals surface area (Å²) < 4.78 is 0. The molecule has 1 fully saturated rings. The summed E-state index contributed by atoms with van der Waals surface area (Å²) in [7, 11) is 0. The third-order valence-electron chi connectivity index (χ3n) is 2.64. The van der Waals surface area contributed by atoms with E-state index < -0.39 is 0 Å². The first kappa shape index (κ1) is 9.96. The average Bonchev–Trinajstić information content (AvgIpc) is 2.74. The van der Waals surface area contributed by atoms with Crippen molar-refractivity contribution >= 4 is 11.8 Å². The molecule has 2 aliphatic rings. The van der Waals surface area contributed by atoms with Crippen molar-refractivity contribution in [2.75, 3.05) is 13.1 Å². The molecule has 1 aliphatic heterocycles. The number of allylic oxidation sites excluding steroid dienone is 4. The fraction of sp³-hybridized carbons (Fsp3) is 0.455. The van der Waals surface area contributed by atoms with Gasteiger partial charge in [-0.05, 0) is 18.9 Å². The maximum atomic E-state index is 11.7. The normalized spacial score (nSPS) is 20.4. The first-order chi connectivity index (χ1) is 7.27. The minimum absolute atomic E-state index is 0.0231. The SMILES string of the molecule is O=C1CC=CC=C1NC(=O)N1CCCC1. The topological polar surface area (TPSA) is 49.4 Å². The number of rotatable bonds is 1. The van der Waals surface area contributed by atoms with Crippen molar-refractivity contribution in [2.45, 2.75) is 19.3 Å². The number of urea groups is 1. The summed E-state index contributed by atoms with van der Waals surface area (Å²) in [5.74, 6) is -0.0231. The highest BCUT2D eigenvalue weighted by Crippen LogP contribution is 2.10. The summed E-state index contributed by atoms with van der Waals surface area (Å²) in [6.07, 6.45) is 7.72. The molecule has 0 unspecified atom stereocenters. The van der Waals surface area contributed by atoms with Gasteiger partial charge in [-0.25, -0.2) is 4.79 Å². The predicted molar refractivity (Wildman–Crippen MR) is 56.2 cm³/mol. The lowest BCUT2D eigenvalue weighted by atomic mass is 10.1. The Labute approximate surface area is 88.6 Å². The molecule has 1 aliphatic carbocycles. The van der Waals surface area contributed by atoms with Crippen LogP contribution in [0, 0.1) is 0 Å². The highest BCUT2D eigenvalue weighted by molar-refractivity contribution is 6.00. The summed E-state index contributed by atoms with van der Waals surface area (Å²) in [4.78, 5) is 24.8. The van der Waals surface area contributed by atoms with Gasteiger partial charge in [0.1, 0.15) is 0 Å². The molecule has 0 spiro atoms. The lowest BCUT2D eigenvalue weighted by molar-refractivity contribution is -0.115. The van der Waals surface area contributed by atoms with Gasteiger partial charge in [0.25, 0.3) is 0 Å². The fourth-order valence-electron chi connectivity index (χ4n) is 1.77. The van der Waals surface area contributed by atoms with Gasteiger partial charge in [0.2, 0.25) is 0 Å². The zero-order valence-corrected chi connectivity index (χ0v) is 8.53. The summed E-state index contributed by atoms with van der Waals surface area (Å²) >= 11 is 0. The van der Waals surface area contributed by atoms with Crippen LogP contribution >= 0.6 is 0 Å². The zero-order valence-electron chi connectivity index (χ0n) is 8.53. The van der Waals surface area contributed by atoms with Gasteiger partial charge >= 0.3 is 6.03 Å². The maximum absolute atomic E-state index is 11.7. The minimum Gasteiger partial charge on any atom is -0.325 e. The second kappa shape index (κ2) is 4.29. The molecule has 0 bridgehead atoms. The monoisotopic (exact) mass is 206 g/mol. The third-order valence-corrected chi connectivity index (χ3v) is 2.64. The van der Waals surface area contributed by atoms with Crippen LogP contribution in [0.25, 0.3) is 0 Å². The molecule has 0 saturated carbocycles. The van der Waals surface area contributed by atoms with Crippen molar-refractivity contribution in [3.8, 4) is 0 Å². The summed E-state index contributed by atoms with van der Waals surface area (Å²) in [5.41, 5.74) is 0.411. The maximum Gasteiger partial charge on any atom is 0.321 e. The van der Waals surface area contributed by atoms with E-state index in [1.165, 1.54) is 0 Å². The summed E-state index contributed by atoms with van der Waals surface area (Å²) in [5, 5.41) is 2.66. The highest BCUT2D eigenvalue weighted by atomic mass is 16.2. The first-order valence-electron chi connectivity index (χ1n) is 5.23. The van der Waals surface area contributed by atoms with Crippen molar-refractivity contribution in [1.82, 2.24) is 10.2 Å². The number of Topliss-reactive ketones (excluding diaryl/α,β-unsaturated/α-hetero) is 1. The number of carbonyl (C=O) groups is 2. The van der Waals surface area contributed by atoms with Gasteiger partial charge in [-0.1, -0.05) is 12.2 Å². The van der Waals surface area contributed by atoms with Crippen LogP contribution in [-0.2, 0) is 4.79 Å². The first-order valence-corrected chi connectivity index (χ1v) is 5.23. The molecular formula is C11H14N2O2. The largest absolute Gasteiger partial charge is 0.325 e. The molecule has 1 heterocycles. The zero-order chi connectivity index (χ0) is 10.7. The molecule has 0 radical (unpaired) electrons. The number of amides is 2. The van der Waals surface area contributed by atoms with E-state index in [2.05, 4.69) is 5.32 Å². The lowest BCUT2D eigenvalue weighted by Gasteiger charge is -2.17. The molecular weight excluding hydrogens is 192 g/mol. The number of hydrogen-bond donors (Lipinski definition) is 1. The van der Waals surface area contributed by atoms with E-state index in [4.69, 9.17) is 0 Å². The third kappa shape index (κ3) is 2.26. The second-order valence-electron chi connectivity index (χ2n) is 3.76. The molecule has 4 heteroatoms. The van der Waals surface area contributed by atoms with E-state index in [0.29, 0.717) is 12.1 Å².